The van der Waals surface area contributed by atoms with E-state index in [0.29, 0.717) is 6.04 Å². The van der Waals surface area contributed by atoms with Gasteiger partial charge < -0.3 is 5.32 Å². The number of aryl methyl sites for hydroxylation is 2. The zero-order valence-corrected chi connectivity index (χ0v) is 9.30. The molecule has 0 spiro atoms. The molecule has 0 amide bonds. The SMILES string of the molecule is Cc1ccc(C(C)NC2CC2)cc1C. The smallest absolute Gasteiger partial charge is 0.0294 e. The fourth-order valence-corrected chi connectivity index (χ4v) is 1.73. The van der Waals surface area contributed by atoms with Gasteiger partial charge in [0.1, 0.15) is 0 Å². The van der Waals surface area contributed by atoms with Gasteiger partial charge in [0.2, 0.25) is 0 Å². The minimum atomic E-state index is 0.502. The maximum Gasteiger partial charge on any atom is 0.0294 e. The van der Waals surface area contributed by atoms with Crippen LogP contribution in [0.1, 0.15) is 42.5 Å². The summed E-state index contributed by atoms with van der Waals surface area (Å²) < 4.78 is 0. The Morgan fingerprint density at radius 2 is 1.93 bits per heavy atom. The quantitative estimate of drug-likeness (QED) is 0.770. The molecule has 0 aliphatic heterocycles. The van der Waals surface area contributed by atoms with E-state index >= 15 is 0 Å². The minimum Gasteiger partial charge on any atom is -0.307 e. The summed E-state index contributed by atoms with van der Waals surface area (Å²) in [6, 6.07) is 8.04. The lowest BCUT2D eigenvalue weighted by molar-refractivity contribution is 0.571. The van der Waals surface area contributed by atoms with E-state index in [0.717, 1.165) is 6.04 Å². The maximum absolute atomic E-state index is 3.62. The summed E-state index contributed by atoms with van der Waals surface area (Å²) in [5, 5.41) is 3.62. The van der Waals surface area contributed by atoms with Crippen LogP contribution in [-0.2, 0) is 0 Å². The fraction of sp³-hybridized carbons (Fsp3) is 0.538. The highest BCUT2D eigenvalue weighted by Crippen LogP contribution is 2.24. The average molecular weight is 189 g/mol. The van der Waals surface area contributed by atoms with Crippen molar-refractivity contribution in [2.45, 2.75) is 45.7 Å². The molecule has 1 atom stereocenters. The Morgan fingerprint density at radius 1 is 1.21 bits per heavy atom. The lowest BCUT2D eigenvalue weighted by atomic mass is 10.0. The number of nitrogens with one attached hydrogen (secondary N) is 1. The summed E-state index contributed by atoms with van der Waals surface area (Å²) >= 11 is 0. The van der Waals surface area contributed by atoms with E-state index in [2.05, 4.69) is 44.3 Å². The van der Waals surface area contributed by atoms with Crippen molar-refractivity contribution in [2.24, 2.45) is 0 Å². The zero-order chi connectivity index (χ0) is 10.1. The average Bonchev–Trinajstić information content (AvgIpc) is 2.93. The molecule has 1 aliphatic carbocycles. The highest BCUT2D eigenvalue weighted by Gasteiger charge is 2.23. The largest absolute Gasteiger partial charge is 0.307 e. The van der Waals surface area contributed by atoms with Crippen LogP contribution in [0.4, 0.5) is 0 Å². The van der Waals surface area contributed by atoms with Gasteiger partial charge in [-0.25, -0.2) is 0 Å². The Balaban J connectivity index is 2.10. The van der Waals surface area contributed by atoms with Gasteiger partial charge in [-0.05, 0) is 50.3 Å². The summed E-state index contributed by atoms with van der Waals surface area (Å²) in [5.74, 6) is 0. The van der Waals surface area contributed by atoms with E-state index in [1.54, 1.807) is 0 Å². The fourth-order valence-electron chi connectivity index (χ4n) is 1.73. The lowest BCUT2D eigenvalue weighted by Gasteiger charge is -2.14. The molecule has 0 heterocycles. The molecule has 1 N–H and O–H groups in total. The Hall–Kier alpha value is -0.820. The first-order valence-corrected chi connectivity index (χ1v) is 5.50. The summed E-state index contributed by atoms with van der Waals surface area (Å²) in [7, 11) is 0. The van der Waals surface area contributed by atoms with E-state index < -0.39 is 0 Å². The van der Waals surface area contributed by atoms with Crippen LogP contribution in [0, 0.1) is 13.8 Å². The molecule has 1 aromatic carbocycles. The summed E-state index contributed by atoms with van der Waals surface area (Å²) in [6.45, 7) is 6.60. The van der Waals surface area contributed by atoms with Crippen LogP contribution >= 0.6 is 0 Å². The molecule has 1 saturated carbocycles. The molecule has 1 aliphatic rings. The Morgan fingerprint density at radius 3 is 2.50 bits per heavy atom. The van der Waals surface area contributed by atoms with Crippen LogP contribution in [0.2, 0.25) is 0 Å². The van der Waals surface area contributed by atoms with Gasteiger partial charge in [-0.15, -0.1) is 0 Å². The van der Waals surface area contributed by atoms with E-state index in [9.17, 15) is 0 Å². The number of hydrogen-bond acceptors (Lipinski definition) is 1. The molecular weight excluding hydrogens is 170 g/mol. The third-order valence-electron chi connectivity index (χ3n) is 3.09. The van der Waals surface area contributed by atoms with E-state index in [1.165, 1.54) is 29.5 Å². The first kappa shape index (κ1) is 9.72. The van der Waals surface area contributed by atoms with Crippen molar-refractivity contribution in [1.29, 1.82) is 0 Å². The van der Waals surface area contributed by atoms with Crippen LogP contribution in [-0.4, -0.2) is 6.04 Å². The molecule has 14 heavy (non-hydrogen) atoms. The lowest BCUT2D eigenvalue weighted by Crippen LogP contribution is -2.20. The predicted octanol–water partition coefficient (Wildman–Crippen LogP) is 3.12. The van der Waals surface area contributed by atoms with Gasteiger partial charge in [-0.3, -0.25) is 0 Å². The molecule has 0 bridgehead atoms. The summed E-state index contributed by atoms with van der Waals surface area (Å²) in [5.41, 5.74) is 4.19. The second-order valence-corrected chi connectivity index (χ2v) is 4.51. The van der Waals surface area contributed by atoms with Gasteiger partial charge in [-0.2, -0.15) is 0 Å². The molecule has 76 valence electrons. The Bertz CT molecular complexity index is 326. The van der Waals surface area contributed by atoms with Gasteiger partial charge in [0.25, 0.3) is 0 Å². The second-order valence-electron chi connectivity index (χ2n) is 4.51. The summed E-state index contributed by atoms with van der Waals surface area (Å²) in [4.78, 5) is 0. The van der Waals surface area contributed by atoms with E-state index in [1.807, 2.05) is 0 Å². The third-order valence-corrected chi connectivity index (χ3v) is 3.09. The third kappa shape index (κ3) is 2.16. The topological polar surface area (TPSA) is 12.0 Å². The maximum atomic E-state index is 3.62. The standard InChI is InChI=1S/C13H19N/c1-9-4-5-12(8-10(9)2)11(3)14-13-6-7-13/h4-5,8,11,13-14H,6-7H2,1-3H3. The van der Waals surface area contributed by atoms with Gasteiger partial charge in [-0.1, -0.05) is 18.2 Å². The first-order valence-electron chi connectivity index (χ1n) is 5.50. The molecule has 1 aromatic rings. The molecule has 0 aromatic heterocycles. The molecule has 1 fully saturated rings. The van der Waals surface area contributed by atoms with Gasteiger partial charge >= 0.3 is 0 Å². The molecule has 0 saturated heterocycles. The normalized spacial score (nSPS) is 18.2. The van der Waals surface area contributed by atoms with Crippen LogP contribution < -0.4 is 5.32 Å². The zero-order valence-electron chi connectivity index (χ0n) is 9.30. The second kappa shape index (κ2) is 3.74. The highest BCUT2D eigenvalue weighted by atomic mass is 15.0. The molecule has 0 radical (unpaired) electrons. The van der Waals surface area contributed by atoms with Crippen molar-refractivity contribution in [3.63, 3.8) is 0 Å². The monoisotopic (exact) mass is 189 g/mol. The Labute approximate surface area is 86.5 Å². The molecule has 1 heteroatoms. The number of rotatable bonds is 3. The molecule has 1 unspecified atom stereocenters. The van der Waals surface area contributed by atoms with Gasteiger partial charge in [0, 0.05) is 12.1 Å². The van der Waals surface area contributed by atoms with Crippen LogP contribution in [0.5, 0.6) is 0 Å². The summed E-state index contributed by atoms with van der Waals surface area (Å²) in [6.07, 6.45) is 2.71. The highest BCUT2D eigenvalue weighted by molar-refractivity contribution is 5.31. The Kier molecular flexibility index (Phi) is 2.60. The molecule has 2 rings (SSSR count). The van der Waals surface area contributed by atoms with Crippen molar-refractivity contribution in [3.05, 3.63) is 34.9 Å². The number of benzene rings is 1. The van der Waals surface area contributed by atoms with Gasteiger partial charge in [0.05, 0.1) is 0 Å². The number of hydrogen-bond donors (Lipinski definition) is 1. The molecule has 1 nitrogen and oxygen atoms in total. The van der Waals surface area contributed by atoms with Crippen LogP contribution in [0.3, 0.4) is 0 Å². The van der Waals surface area contributed by atoms with E-state index in [-0.39, 0.29) is 0 Å². The van der Waals surface area contributed by atoms with Crippen molar-refractivity contribution < 1.29 is 0 Å². The minimum absolute atomic E-state index is 0.502. The van der Waals surface area contributed by atoms with E-state index in [4.69, 9.17) is 0 Å². The van der Waals surface area contributed by atoms with Crippen LogP contribution in [0.15, 0.2) is 18.2 Å². The molecular formula is C13H19N. The predicted molar refractivity (Wildman–Crippen MR) is 60.5 cm³/mol. The van der Waals surface area contributed by atoms with Crippen molar-refractivity contribution >= 4 is 0 Å². The van der Waals surface area contributed by atoms with Crippen molar-refractivity contribution in [2.75, 3.05) is 0 Å². The first-order chi connectivity index (χ1) is 6.66. The van der Waals surface area contributed by atoms with Crippen LogP contribution in [0.25, 0.3) is 0 Å². The van der Waals surface area contributed by atoms with Crippen molar-refractivity contribution in [3.8, 4) is 0 Å². The van der Waals surface area contributed by atoms with Crippen molar-refractivity contribution in [1.82, 2.24) is 5.32 Å². The van der Waals surface area contributed by atoms with Gasteiger partial charge in [0.15, 0.2) is 0 Å².